The Bertz CT molecular complexity index is 802. The lowest BCUT2D eigenvalue weighted by atomic mass is 9.99. The van der Waals surface area contributed by atoms with Crippen molar-refractivity contribution in [1.29, 1.82) is 0 Å². The van der Waals surface area contributed by atoms with Crippen molar-refractivity contribution in [3.63, 3.8) is 0 Å². The van der Waals surface area contributed by atoms with Crippen LogP contribution < -0.4 is 0 Å². The first kappa shape index (κ1) is 21.6. The molecular formula is C22H28N2O4S. The largest absolute Gasteiger partial charge is 0.396 e. The van der Waals surface area contributed by atoms with Crippen LogP contribution in [0.15, 0.2) is 29.2 Å². The Morgan fingerprint density at radius 1 is 1.24 bits per heavy atom. The lowest BCUT2D eigenvalue weighted by Crippen LogP contribution is -2.49. The van der Waals surface area contributed by atoms with Crippen LogP contribution in [0.2, 0.25) is 0 Å². The van der Waals surface area contributed by atoms with E-state index in [1.165, 1.54) is 5.56 Å². The number of hydrogen-bond acceptors (Lipinski definition) is 5. The summed E-state index contributed by atoms with van der Waals surface area (Å²) in [5.74, 6) is -0.225. The molecule has 0 aromatic heterocycles. The van der Waals surface area contributed by atoms with Gasteiger partial charge in [0.25, 0.3) is 11.1 Å². The summed E-state index contributed by atoms with van der Waals surface area (Å²) in [7, 11) is 0. The highest BCUT2D eigenvalue weighted by atomic mass is 32.2. The summed E-state index contributed by atoms with van der Waals surface area (Å²) in [5, 5.41) is 8.83. The first-order chi connectivity index (χ1) is 13.9. The average molecular weight is 417 g/mol. The third kappa shape index (κ3) is 5.08. The summed E-state index contributed by atoms with van der Waals surface area (Å²) in [6, 6.07) is 7.88. The number of likely N-dealkylation sites (tertiary alicyclic amines) is 1. The van der Waals surface area contributed by atoms with E-state index in [1.807, 2.05) is 24.3 Å². The highest BCUT2D eigenvalue weighted by molar-refractivity contribution is 8.18. The quantitative estimate of drug-likeness (QED) is 0.717. The molecule has 1 unspecified atom stereocenters. The van der Waals surface area contributed by atoms with Crippen molar-refractivity contribution in [1.82, 2.24) is 9.80 Å². The first-order valence-electron chi connectivity index (χ1n) is 10.2. The molecule has 156 valence electrons. The standard InChI is InChI=1S/C22H28N2O4S/c1-15(2)17-8-6-16(7-9-17)13-19-21(27)24(22(28)29-19)14-20(26)23-11-4-3-5-18(23)10-12-25/h6-9,13,15,18,25H,3-5,10-12,14H2,1-2H3. The van der Waals surface area contributed by atoms with Crippen molar-refractivity contribution >= 4 is 34.9 Å². The van der Waals surface area contributed by atoms with Crippen LogP contribution in [-0.4, -0.2) is 57.7 Å². The minimum absolute atomic E-state index is 0.0174. The molecule has 7 heteroatoms. The second-order valence-electron chi connectivity index (χ2n) is 7.84. The maximum absolute atomic E-state index is 12.8. The molecule has 0 aliphatic carbocycles. The Morgan fingerprint density at radius 2 is 1.97 bits per heavy atom. The minimum Gasteiger partial charge on any atom is -0.396 e. The fourth-order valence-electron chi connectivity index (χ4n) is 3.77. The Labute approximate surface area is 175 Å². The third-order valence-electron chi connectivity index (χ3n) is 5.48. The number of rotatable bonds is 6. The van der Waals surface area contributed by atoms with Crippen molar-refractivity contribution in [3.05, 3.63) is 40.3 Å². The maximum atomic E-state index is 12.8. The van der Waals surface area contributed by atoms with Gasteiger partial charge in [-0.2, -0.15) is 0 Å². The molecule has 29 heavy (non-hydrogen) atoms. The van der Waals surface area contributed by atoms with Crippen LogP contribution in [0, 0.1) is 0 Å². The van der Waals surface area contributed by atoms with E-state index >= 15 is 0 Å². The van der Waals surface area contributed by atoms with Crippen LogP contribution in [0.3, 0.4) is 0 Å². The number of aliphatic hydroxyl groups is 1. The van der Waals surface area contributed by atoms with E-state index in [1.54, 1.807) is 11.0 Å². The predicted molar refractivity (Wildman–Crippen MR) is 114 cm³/mol. The van der Waals surface area contributed by atoms with E-state index in [0.717, 1.165) is 41.5 Å². The molecule has 2 aliphatic heterocycles. The topological polar surface area (TPSA) is 77.9 Å². The summed E-state index contributed by atoms with van der Waals surface area (Å²) >= 11 is 0.875. The van der Waals surface area contributed by atoms with Gasteiger partial charge in [0, 0.05) is 19.2 Å². The van der Waals surface area contributed by atoms with Gasteiger partial charge < -0.3 is 10.0 Å². The number of amides is 3. The number of nitrogens with zero attached hydrogens (tertiary/aromatic N) is 2. The maximum Gasteiger partial charge on any atom is 0.294 e. The van der Waals surface area contributed by atoms with Crippen molar-refractivity contribution in [2.45, 2.75) is 51.5 Å². The van der Waals surface area contributed by atoms with Gasteiger partial charge in [-0.1, -0.05) is 38.1 Å². The Kier molecular flexibility index (Phi) is 7.14. The zero-order valence-corrected chi connectivity index (χ0v) is 17.8. The summed E-state index contributed by atoms with van der Waals surface area (Å²) in [5.41, 5.74) is 2.06. The summed E-state index contributed by atoms with van der Waals surface area (Å²) in [4.78, 5) is 41.0. The fourth-order valence-corrected chi connectivity index (χ4v) is 4.61. The Morgan fingerprint density at radius 3 is 2.62 bits per heavy atom. The number of thioether (sulfide) groups is 1. The summed E-state index contributed by atoms with van der Waals surface area (Å²) < 4.78 is 0. The molecule has 1 atom stereocenters. The molecule has 1 N–H and O–H groups in total. The van der Waals surface area contributed by atoms with Crippen molar-refractivity contribution in [2.75, 3.05) is 19.7 Å². The highest BCUT2D eigenvalue weighted by Gasteiger charge is 2.38. The fraction of sp³-hybridized carbons (Fsp3) is 0.500. The molecule has 2 saturated heterocycles. The smallest absolute Gasteiger partial charge is 0.294 e. The van der Waals surface area contributed by atoms with Crippen LogP contribution in [0.4, 0.5) is 4.79 Å². The van der Waals surface area contributed by atoms with E-state index in [9.17, 15) is 19.5 Å². The molecule has 3 rings (SSSR count). The van der Waals surface area contributed by atoms with Crippen LogP contribution in [0.25, 0.3) is 6.08 Å². The van der Waals surface area contributed by atoms with Crippen molar-refractivity contribution < 1.29 is 19.5 Å². The molecule has 2 heterocycles. The van der Waals surface area contributed by atoms with Gasteiger partial charge in [-0.25, -0.2) is 0 Å². The molecule has 0 bridgehead atoms. The first-order valence-corrected chi connectivity index (χ1v) is 11.0. The second-order valence-corrected chi connectivity index (χ2v) is 8.83. The lowest BCUT2D eigenvalue weighted by Gasteiger charge is -2.36. The molecule has 1 aromatic carbocycles. The average Bonchev–Trinajstić information content (AvgIpc) is 2.96. The van der Waals surface area contributed by atoms with Crippen LogP contribution in [-0.2, 0) is 9.59 Å². The molecule has 2 aliphatic rings. The molecule has 6 nitrogen and oxygen atoms in total. The van der Waals surface area contributed by atoms with E-state index in [0.29, 0.717) is 23.8 Å². The minimum atomic E-state index is -0.419. The molecule has 2 fully saturated rings. The summed E-state index contributed by atoms with van der Waals surface area (Å²) in [6.07, 6.45) is 5.01. The predicted octanol–water partition coefficient (Wildman–Crippen LogP) is 3.61. The third-order valence-corrected chi connectivity index (χ3v) is 6.39. The van der Waals surface area contributed by atoms with Crippen molar-refractivity contribution in [2.24, 2.45) is 0 Å². The van der Waals surface area contributed by atoms with Gasteiger partial charge in [0.05, 0.1) is 4.91 Å². The van der Waals surface area contributed by atoms with Crippen LogP contribution in [0.5, 0.6) is 0 Å². The number of carbonyl (C=O) groups excluding carboxylic acids is 3. The molecule has 0 saturated carbocycles. The number of imide groups is 1. The number of carbonyl (C=O) groups is 3. The molecule has 0 radical (unpaired) electrons. The van der Waals surface area contributed by atoms with Gasteiger partial charge in [-0.05, 0) is 60.6 Å². The molecular weight excluding hydrogens is 388 g/mol. The van der Waals surface area contributed by atoms with Gasteiger partial charge >= 0.3 is 0 Å². The normalized spacial score (nSPS) is 21.5. The molecule has 3 amide bonds. The van der Waals surface area contributed by atoms with Gasteiger partial charge in [0.15, 0.2) is 0 Å². The SMILES string of the molecule is CC(C)c1ccc(C=C2SC(=O)N(CC(=O)N3CCCCC3CCO)C2=O)cc1. The van der Waals surface area contributed by atoms with E-state index in [4.69, 9.17) is 0 Å². The van der Waals surface area contributed by atoms with Crippen LogP contribution >= 0.6 is 11.8 Å². The number of aliphatic hydroxyl groups excluding tert-OH is 1. The zero-order valence-electron chi connectivity index (χ0n) is 17.0. The number of piperidine rings is 1. The lowest BCUT2D eigenvalue weighted by molar-refractivity contribution is -0.139. The Balaban J connectivity index is 1.69. The number of hydrogen-bond donors (Lipinski definition) is 1. The second kappa shape index (κ2) is 9.59. The van der Waals surface area contributed by atoms with E-state index < -0.39 is 11.1 Å². The monoisotopic (exact) mass is 416 g/mol. The van der Waals surface area contributed by atoms with Gasteiger partial charge in [0.1, 0.15) is 6.54 Å². The van der Waals surface area contributed by atoms with Gasteiger partial charge in [-0.3, -0.25) is 19.3 Å². The van der Waals surface area contributed by atoms with Gasteiger partial charge in [-0.15, -0.1) is 0 Å². The summed E-state index contributed by atoms with van der Waals surface area (Å²) in [6.45, 7) is 4.62. The molecule has 1 aromatic rings. The molecule has 0 spiro atoms. The van der Waals surface area contributed by atoms with Crippen molar-refractivity contribution in [3.8, 4) is 0 Å². The highest BCUT2D eigenvalue weighted by Crippen LogP contribution is 2.32. The zero-order chi connectivity index (χ0) is 21.0. The Hall–Kier alpha value is -2.12. The van der Waals surface area contributed by atoms with Gasteiger partial charge in [0.2, 0.25) is 5.91 Å². The van der Waals surface area contributed by atoms with E-state index in [2.05, 4.69) is 13.8 Å². The van der Waals surface area contributed by atoms with Crippen LogP contribution in [0.1, 0.15) is 56.6 Å². The number of benzene rings is 1. The van der Waals surface area contributed by atoms with E-state index in [-0.39, 0.29) is 25.1 Å².